The second-order valence-electron chi connectivity index (χ2n) is 6.97. The maximum absolute atomic E-state index is 12.9. The molecule has 1 aliphatic rings. The summed E-state index contributed by atoms with van der Waals surface area (Å²) < 4.78 is 22.0. The topological polar surface area (TPSA) is 78.1 Å². The van der Waals surface area contributed by atoms with Crippen molar-refractivity contribution in [3.05, 3.63) is 58.9 Å². The van der Waals surface area contributed by atoms with Crippen LogP contribution in [0, 0.1) is 19.7 Å². The number of ether oxygens (including phenoxy) is 1. The van der Waals surface area contributed by atoms with Crippen molar-refractivity contribution in [1.82, 2.24) is 29.7 Å². The Morgan fingerprint density at radius 1 is 1.25 bits per heavy atom. The van der Waals surface area contributed by atoms with Gasteiger partial charge in [0.25, 0.3) is 5.91 Å². The van der Waals surface area contributed by atoms with E-state index in [9.17, 15) is 9.18 Å². The molecule has 28 heavy (non-hydrogen) atoms. The summed E-state index contributed by atoms with van der Waals surface area (Å²) in [6.07, 6.45) is 1.82. The molecule has 0 aliphatic carbocycles. The number of aryl methyl sites for hydroxylation is 2. The van der Waals surface area contributed by atoms with Gasteiger partial charge in [0.1, 0.15) is 23.9 Å². The van der Waals surface area contributed by atoms with Crippen LogP contribution in [-0.2, 0) is 13.7 Å². The molecular weight excluding hydrogens is 363 g/mol. The highest BCUT2D eigenvalue weighted by Gasteiger charge is 2.35. The van der Waals surface area contributed by atoms with Crippen molar-refractivity contribution in [2.45, 2.75) is 26.5 Å². The first-order chi connectivity index (χ1) is 13.4. The van der Waals surface area contributed by atoms with Crippen LogP contribution in [0.15, 0.2) is 30.5 Å². The van der Waals surface area contributed by atoms with E-state index in [-0.39, 0.29) is 24.4 Å². The number of likely N-dealkylation sites (tertiary alicyclic amines) is 1. The van der Waals surface area contributed by atoms with Crippen LogP contribution in [0.3, 0.4) is 0 Å². The summed E-state index contributed by atoms with van der Waals surface area (Å²) in [5.74, 6) is 0.261. The van der Waals surface area contributed by atoms with Gasteiger partial charge in [-0.3, -0.25) is 9.48 Å². The van der Waals surface area contributed by atoms with Crippen LogP contribution in [-0.4, -0.2) is 48.7 Å². The predicted octanol–water partition coefficient (Wildman–Crippen LogP) is 2.04. The van der Waals surface area contributed by atoms with Crippen LogP contribution < -0.4 is 4.74 Å². The summed E-state index contributed by atoms with van der Waals surface area (Å²) in [4.78, 5) is 14.5. The number of halogens is 1. The smallest absolute Gasteiger partial charge is 0.257 e. The maximum Gasteiger partial charge on any atom is 0.257 e. The summed E-state index contributed by atoms with van der Waals surface area (Å²) in [5.41, 5.74) is 2.96. The largest absolute Gasteiger partial charge is 0.487 e. The highest BCUT2D eigenvalue weighted by molar-refractivity contribution is 5.96. The van der Waals surface area contributed by atoms with Crippen molar-refractivity contribution in [2.24, 2.45) is 7.05 Å². The monoisotopic (exact) mass is 384 g/mol. The Morgan fingerprint density at radius 3 is 2.61 bits per heavy atom. The average Bonchev–Trinajstić information content (AvgIpc) is 3.18. The van der Waals surface area contributed by atoms with E-state index in [1.807, 2.05) is 27.1 Å². The fourth-order valence-electron chi connectivity index (χ4n) is 3.28. The molecule has 1 fully saturated rings. The Hall–Kier alpha value is -3.23. The first-order valence-electron chi connectivity index (χ1n) is 9.01. The molecular formula is C19H21FN6O2. The van der Waals surface area contributed by atoms with Crippen molar-refractivity contribution < 1.29 is 13.9 Å². The number of carbonyl (C=O) groups excluding carboxylic acids is 1. The van der Waals surface area contributed by atoms with E-state index in [2.05, 4.69) is 15.4 Å². The van der Waals surface area contributed by atoms with Crippen LogP contribution in [0.2, 0.25) is 0 Å². The molecule has 0 saturated carbocycles. The number of benzene rings is 1. The molecule has 1 saturated heterocycles. The molecule has 146 valence electrons. The molecule has 0 radical (unpaired) electrons. The number of aromatic nitrogens is 5. The van der Waals surface area contributed by atoms with E-state index in [1.54, 1.807) is 26.4 Å². The minimum Gasteiger partial charge on any atom is -0.487 e. The molecule has 1 amide bonds. The molecule has 1 aromatic carbocycles. The molecule has 1 aliphatic heterocycles. The standard InChI is InChI=1S/C19H21FN6O2/c1-12-18(13(2)24(3)22-12)19(27)25-9-16(10-25)26-8-15(21-23-26)11-28-17-6-4-14(20)5-7-17/h4-8,16H,9-11H2,1-3H3. The van der Waals surface area contributed by atoms with Crippen LogP contribution in [0.1, 0.15) is 33.5 Å². The molecule has 9 heteroatoms. The highest BCUT2D eigenvalue weighted by atomic mass is 19.1. The number of hydrogen-bond donors (Lipinski definition) is 0. The van der Waals surface area contributed by atoms with Crippen LogP contribution in [0.25, 0.3) is 0 Å². The van der Waals surface area contributed by atoms with Gasteiger partial charge in [-0.1, -0.05) is 5.21 Å². The molecule has 0 bridgehead atoms. The third-order valence-corrected chi connectivity index (χ3v) is 5.00. The van der Waals surface area contributed by atoms with Gasteiger partial charge in [0.2, 0.25) is 0 Å². The molecule has 3 aromatic rings. The quantitative estimate of drug-likeness (QED) is 0.673. The maximum atomic E-state index is 12.9. The fraction of sp³-hybridized carbons (Fsp3) is 0.368. The molecule has 2 aromatic heterocycles. The summed E-state index contributed by atoms with van der Waals surface area (Å²) in [6, 6.07) is 5.92. The number of amides is 1. The van der Waals surface area contributed by atoms with E-state index in [1.165, 1.54) is 12.1 Å². The van der Waals surface area contributed by atoms with E-state index >= 15 is 0 Å². The second kappa shape index (κ2) is 7.06. The molecule has 0 N–H and O–H groups in total. The summed E-state index contributed by atoms with van der Waals surface area (Å²) in [5, 5.41) is 12.6. The third-order valence-electron chi connectivity index (χ3n) is 5.00. The molecule has 8 nitrogen and oxygen atoms in total. The van der Waals surface area contributed by atoms with Crippen LogP contribution >= 0.6 is 0 Å². The van der Waals surface area contributed by atoms with Gasteiger partial charge in [0.15, 0.2) is 0 Å². The van der Waals surface area contributed by atoms with Gasteiger partial charge in [-0.2, -0.15) is 5.10 Å². The Balaban J connectivity index is 1.33. The van der Waals surface area contributed by atoms with Gasteiger partial charge in [0.05, 0.1) is 23.5 Å². The number of rotatable bonds is 5. The van der Waals surface area contributed by atoms with Gasteiger partial charge in [0, 0.05) is 25.8 Å². The number of hydrogen-bond acceptors (Lipinski definition) is 5. The van der Waals surface area contributed by atoms with Gasteiger partial charge in [-0.05, 0) is 38.1 Å². The lowest BCUT2D eigenvalue weighted by Crippen LogP contribution is -2.51. The molecule has 0 atom stereocenters. The summed E-state index contributed by atoms with van der Waals surface area (Å²) in [6.45, 7) is 5.15. The zero-order chi connectivity index (χ0) is 19.8. The highest BCUT2D eigenvalue weighted by Crippen LogP contribution is 2.25. The van der Waals surface area contributed by atoms with Crippen molar-refractivity contribution in [3.63, 3.8) is 0 Å². The molecule has 4 rings (SSSR count). The number of carbonyl (C=O) groups is 1. The lowest BCUT2D eigenvalue weighted by Gasteiger charge is -2.38. The first kappa shape index (κ1) is 18.1. The van der Waals surface area contributed by atoms with E-state index in [4.69, 9.17) is 4.74 Å². The minimum atomic E-state index is -0.306. The fourth-order valence-corrected chi connectivity index (χ4v) is 3.28. The van der Waals surface area contributed by atoms with Crippen LogP contribution in [0.5, 0.6) is 5.75 Å². The summed E-state index contributed by atoms with van der Waals surface area (Å²) >= 11 is 0. The van der Waals surface area contributed by atoms with Gasteiger partial charge < -0.3 is 9.64 Å². The zero-order valence-electron chi connectivity index (χ0n) is 16.0. The van der Waals surface area contributed by atoms with Crippen molar-refractivity contribution >= 4 is 5.91 Å². The summed E-state index contributed by atoms with van der Waals surface area (Å²) in [7, 11) is 1.84. The van der Waals surface area contributed by atoms with Crippen molar-refractivity contribution in [1.29, 1.82) is 0 Å². The lowest BCUT2D eigenvalue weighted by atomic mass is 10.1. The lowest BCUT2D eigenvalue weighted by molar-refractivity contribution is 0.0496. The second-order valence-corrected chi connectivity index (χ2v) is 6.97. The Kier molecular flexibility index (Phi) is 4.58. The third kappa shape index (κ3) is 3.35. The normalized spacial score (nSPS) is 14.2. The van der Waals surface area contributed by atoms with Gasteiger partial charge >= 0.3 is 0 Å². The predicted molar refractivity (Wildman–Crippen MR) is 98.4 cm³/mol. The molecule has 0 spiro atoms. The van der Waals surface area contributed by atoms with Crippen LogP contribution in [0.4, 0.5) is 4.39 Å². The van der Waals surface area contributed by atoms with Crippen molar-refractivity contribution in [2.75, 3.05) is 13.1 Å². The van der Waals surface area contributed by atoms with E-state index in [0.717, 1.165) is 11.4 Å². The number of nitrogens with zero attached hydrogens (tertiary/aromatic N) is 6. The molecule has 3 heterocycles. The Morgan fingerprint density at radius 2 is 1.96 bits per heavy atom. The van der Waals surface area contributed by atoms with Gasteiger partial charge in [-0.15, -0.1) is 5.10 Å². The van der Waals surface area contributed by atoms with Crippen molar-refractivity contribution in [3.8, 4) is 5.75 Å². The Labute approximate surface area is 161 Å². The average molecular weight is 384 g/mol. The van der Waals surface area contributed by atoms with Gasteiger partial charge in [-0.25, -0.2) is 9.07 Å². The van der Waals surface area contributed by atoms with E-state index in [0.29, 0.717) is 30.1 Å². The zero-order valence-corrected chi connectivity index (χ0v) is 16.0. The molecule has 0 unspecified atom stereocenters. The minimum absolute atomic E-state index is 0.000619. The Bertz CT molecular complexity index is 1000. The SMILES string of the molecule is Cc1nn(C)c(C)c1C(=O)N1CC(n2cc(COc3ccc(F)cc3)nn2)C1. The first-order valence-corrected chi connectivity index (χ1v) is 9.01. The van der Waals surface area contributed by atoms with E-state index < -0.39 is 0 Å².